The van der Waals surface area contributed by atoms with Gasteiger partial charge in [0.2, 0.25) is 0 Å². The van der Waals surface area contributed by atoms with Crippen LogP contribution in [0, 0.1) is 23.7 Å². The Hall–Kier alpha value is 0. The first-order valence-electron chi connectivity index (χ1n) is 6.59. The number of hydrogen-bond donors (Lipinski definition) is 0. The van der Waals surface area contributed by atoms with Gasteiger partial charge in [0.1, 0.15) is 0 Å². The molecule has 0 N–H and O–H groups in total. The summed E-state index contributed by atoms with van der Waals surface area (Å²) < 4.78 is 0. The molecule has 0 aliphatic heterocycles. The number of rotatable bonds is 7. The maximum atomic E-state index is 2.34. The van der Waals surface area contributed by atoms with Gasteiger partial charge in [0.15, 0.2) is 0 Å². The molecule has 0 nitrogen and oxygen atoms in total. The van der Waals surface area contributed by atoms with Crippen molar-refractivity contribution in [2.24, 2.45) is 23.7 Å². The zero-order chi connectivity index (χ0) is 10.6. The first-order valence-corrected chi connectivity index (χ1v) is 6.59. The fourth-order valence-electron chi connectivity index (χ4n) is 2.35. The van der Waals surface area contributed by atoms with Crippen molar-refractivity contribution in [2.45, 2.75) is 66.2 Å². The quantitative estimate of drug-likeness (QED) is 0.544. The highest BCUT2D eigenvalue weighted by molar-refractivity contribution is 4.85. The van der Waals surface area contributed by atoms with E-state index in [2.05, 4.69) is 27.7 Å². The smallest absolute Gasteiger partial charge is 0.0383 e. The second kappa shape index (κ2) is 5.78. The van der Waals surface area contributed by atoms with Crippen molar-refractivity contribution in [1.82, 2.24) is 0 Å². The molecule has 0 aromatic carbocycles. The molecule has 1 rings (SSSR count). The third kappa shape index (κ3) is 5.02. The fraction of sp³-hybridized carbons (Fsp3) is 1.00. The van der Waals surface area contributed by atoms with E-state index in [9.17, 15) is 0 Å². The van der Waals surface area contributed by atoms with E-state index in [1.165, 1.54) is 32.1 Å². The van der Waals surface area contributed by atoms with Gasteiger partial charge in [0, 0.05) is 0 Å². The summed E-state index contributed by atoms with van der Waals surface area (Å²) in [6.07, 6.45) is 8.93. The van der Waals surface area contributed by atoms with Crippen molar-refractivity contribution in [3.63, 3.8) is 0 Å². The molecule has 0 heteroatoms. The highest BCUT2D eigenvalue weighted by atomic mass is 14.4. The van der Waals surface area contributed by atoms with E-state index in [1.807, 2.05) is 0 Å². The Kier molecular flexibility index (Phi) is 4.98. The predicted molar refractivity (Wildman–Crippen MR) is 64.4 cm³/mol. The second-order valence-corrected chi connectivity index (χ2v) is 6.05. The van der Waals surface area contributed by atoms with Crippen molar-refractivity contribution in [3.05, 3.63) is 0 Å². The Morgan fingerprint density at radius 1 is 0.857 bits per heavy atom. The summed E-state index contributed by atoms with van der Waals surface area (Å²) in [6.45, 7) is 9.36. The molecule has 0 bridgehead atoms. The van der Waals surface area contributed by atoms with Gasteiger partial charge in [-0.05, 0) is 36.5 Å². The van der Waals surface area contributed by atoms with Gasteiger partial charge in [-0.1, -0.05) is 53.4 Å². The molecular formula is C14H28. The SMILES string of the molecule is CC(C)CCCC1CC1CCC(C)C. The summed E-state index contributed by atoms with van der Waals surface area (Å²) in [7, 11) is 0. The van der Waals surface area contributed by atoms with Gasteiger partial charge >= 0.3 is 0 Å². The van der Waals surface area contributed by atoms with Crippen LogP contribution >= 0.6 is 0 Å². The summed E-state index contributed by atoms with van der Waals surface area (Å²) in [5, 5.41) is 0. The molecule has 1 aliphatic carbocycles. The van der Waals surface area contributed by atoms with Crippen LogP contribution in [0.15, 0.2) is 0 Å². The third-order valence-electron chi connectivity index (χ3n) is 3.54. The zero-order valence-electron chi connectivity index (χ0n) is 10.6. The monoisotopic (exact) mass is 196 g/mol. The van der Waals surface area contributed by atoms with Crippen molar-refractivity contribution in [3.8, 4) is 0 Å². The highest BCUT2D eigenvalue weighted by Gasteiger charge is 2.35. The molecule has 0 aromatic rings. The lowest BCUT2D eigenvalue weighted by atomic mass is 10.0. The number of hydrogen-bond acceptors (Lipinski definition) is 0. The van der Waals surface area contributed by atoms with E-state index < -0.39 is 0 Å². The maximum Gasteiger partial charge on any atom is -0.0383 e. The molecule has 0 heterocycles. The van der Waals surface area contributed by atoms with Crippen LogP contribution in [0.3, 0.4) is 0 Å². The average molecular weight is 196 g/mol. The average Bonchev–Trinajstić information content (AvgIpc) is 2.79. The van der Waals surface area contributed by atoms with Gasteiger partial charge in [-0.25, -0.2) is 0 Å². The van der Waals surface area contributed by atoms with Crippen LogP contribution in [0.4, 0.5) is 0 Å². The van der Waals surface area contributed by atoms with Crippen LogP contribution in [0.2, 0.25) is 0 Å². The lowest BCUT2D eigenvalue weighted by Crippen LogP contribution is -1.92. The summed E-state index contributed by atoms with van der Waals surface area (Å²) in [5.74, 6) is 4.05. The van der Waals surface area contributed by atoms with Gasteiger partial charge in [0.05, 0.1) is 0 Å². The van der Waals surface area contributed by atoms with Gasteiger partial charge in [-0.3, -0.25) is 0 Å². The van der Waals surface area contributed by atoms with Crippen LogP contribution in [0.5, 0.6) is 0 Å². The van der Waals surface area contributed by atoms with Gasteiger partial charge < -0.3 is 0 Å². The van der Waals surface area contributed by atoms with E-state index in [0.717, 1.165) is 23.7 Å². The Morgan fingerprint density at radius 2 is 1.43 bits per heavy atom. The molecule has 1 fully saturated rings. The molecule has 0 spiro atoms. The zero-order valence-corrected chi connectivity index (χ0v) is 10.6. The molecular weight excluding hydrogens is 168 g/mol. The van der Waals surface area contributed by atoms with E-state index in [0.29, 0.717) is 0 Å². The molecule has 0 saturated heterocycles. The maximum absolute atomic E-state index is 2.34. The van der Waals surface area contributed by atoms with Crippen molar-refractivity contribution in [1.29, 1.82) is 0 Å². The molecule has 84 valence electrons. The van der Waals surface area contributed by atoms with Crippen molar-refractivity contribution in [2.75, 3.05) is 0 Å². The van der Waals surface area contributed by atoms with Gasteiger partial charge in [-0.15, -0.1) is 0 Å². The summed E-state index contributed by atoms with van der Waals surface area (Å²) in [4.78, 5) is 0. The highest BCUT2D eigenvalue weighted by Crippen LogP contribution is 2.46. The Balaban J connectivity index is 1.92. The normalized spacial score (nSPS) is 26.1. The first kappa shape index (κ1) is 12.1. The topological polar surface area (TPSA) is 0 Å². The lowest BCUT2D eigenvalue weighted by Gasteiger charge is -2.05. The molecule has 14 heavy (non-hydrogen) atoms. The fourth-order valence-corrected chi connectivity index (χ4v) is 2.35. The van der Waals surface area contributed by atoms with E-state index in [4.69, 9.17) is 0 Å². The molecule has 1 aliphatic rings. The van der Waals surface area contributed by atoms with Crippen LogP contribution in [0.25, 0.3) is 0 Å². The minimum absolute atomic E-state index is 0.905. The van der Waals surface area contributed by atoms with Crippen LogP contribution in [-0.2, 0) is 0 Å². The lowest BCUT2D eigenvalue weighted by molar-refractivity contribution is 0.475. The summed E-state index contributed by atoms with van der Waals surface area (Å²) in [5.41, 5.74) is 0. The molecule has 1 saturated carbocycles. The molecule has 0 radical (unpaired) electrons. The first-order chi connectivity index (χ1) is 6.59. The van der Waals surface area contributed by atoms with E-state index in [-0.39, 0.29) is 0 Å². The summed E-state index contributed by atoms with van der Waals surface area (Å²) in [6, 6.07) is 0. The standard InChI is InChI=1S/C14H28/c1-11(2)6-5-7-13-10-14(13)9-8-12(3)4/h11-14H,5-10H2,1-4H3. The van der Waals surface area contributed by atoms with Gasteiger partial charge in [0.25, 0.3) is 0 Å². The van der Waals surface area contributed by atoms with Crippen molar-refractivity contribution >= 4 is 0 Å². The van der Waals surface area contributed by atoms with Gasteiger partial charge in [-0.2, -0.15) is 0 Å². The molecule has 2 atom stereocenters. The largest absolute Gasteiger partial charge is 0.0628 e. The van der Waals surface area contributed by atoms with Crippen LogP contribution in [-0.4, -0.2) is 0 Å². The van der Waals surface area contributed by atoms with E-state index in [1.54, 1.807) is 6.42 Å². The third-order valence-corrected chi connectivity index (χ3v) is 3.54. The Bertz CT molecular complexity index is 146. The second-order valence-electron chi connectivity index (χ2n) is 6.05. The van der Waals surface area contributed by atoms with Crippen molar-refractivity contribution < 1.29 is 0 Å². The van der Waals surface area contributed by atoms with Crippen LogP contribution in [0.1, 0.15) is 66.2 Å². The summed E-state index contributed by atoms with van der Waals surface area (Å²) >= 11 is 0. The minimum Gasteiger partial charge on any atom is -0.0628 e. The minimum atomic E-state index is 0.905. The molecule has 2 unspecified atom stereocenters. The Labute approximate surface area is 90.5 Å². The molecule has 0 aromatic heterocycles. The predicted octanol–water partition coefficient (Wildman–Crippen LogP) is 4.89. The Morgan fingerprint density at radius 3 is 2.00 bits per heavy atom. The van der Waals surface area contributed by atoms with Crippen LogP contribution < -0.4 is 0 Å². The van der Waals surface area contributed by atoms with E-state index >= 15 is 0 Å². The molecule has 0 amide bonds.